The topological polar surface area (TPSA) is 56.8 Å². The Hall–Kier alpha value is -2.30. The molecule has 0 aromatic heterocycles. The summed E-state index contributed by atoms with van der Waals surface area (Å²) in [6.07, 6.45) is 0. The Morgan fingerprint density at radius 3 is 2.06 bits per heavy atom. The molecule has 18 heavy (non-hydrogen) atoms. The van der Waals surface area contributed by atoms with Crippen molar-refractivity contribution in [3.8, 4) is 23.6 Å². The fourth-order valence-electron chi connectivity index (χ4n) is 1.42. The zero-order chi connectivity index (χ0) is 13.0. The van der Waals surface area contributed by atoms with Crippen LogP contribution < -0.4 is 4.74 Å². The van der Waals surface area contributed by atoms with Gasteiger partial charge in [-0.05, 0) is 42.5 Å². The van der Waals surface area contributed by atoms with Gasteiger partial charge in [0.15, 0.2) is 0 Å². The van der Waals surface area contributed by atoms with Crippen molar-refractivity contribution in [3.63, 3.8) is 0 Å². The van der Waals surface area contributed by atoms with E-state index in [9.17, 15) is 0 Å². The summed E-state index contributed by atoms with van der Waals surface area (Å²) in [6, 6.07) is 16.1. The van der Waals surface area contributed by atoms with Gasteiger partial charge in [-0.3, -0.25) is 0 Å². The van der Waals surface area contributed by atoms with E-state index < -0.39 is 0 Å². The highest BCUT2D eigenvalue weighted by Gasteiger charge is 2.04. The molecule has 0 unspecified atom stereocenters. The Balaban J connectivity index is 2.28. The van der Waals surface area contributed by atoms with Gasteiger partial charge in [0.05, 0.1) is 11.1 Å². The number of halogens is 1. The van der Waals surface area contributed by atoms with E-state index in [4.69, 9.17) is 15.3 Å². The fourth-order valence-corrected chi connectivity index (χ4v) is 1.68. The van der Waals surface area contributed by atoms with Gasteiger partial charge in [0.25, 0.3) is 0 Å². The van der Waals surface area contributed by atoms with E-state index in [2.05, 4.69) is 15.9 Å². The Kier molecular flexibility index (Phi) is 3.62. The van der Waals surface area contributed by atoms with Crippen molar-refractivity contribution < 1.29 is 4.74 Å². The molecule has 0 amide bonds. The summed E-state index contributed by atoms with van der Waals surface area (Å²) in [5.41, 5.74) is 0.660. The molecule has 0 saturated heterocycles. The number of nitrogens with zero attached hydrogens (tertiary/aromatic N) is 2. The number of benzene rings is 2. The van der Waals surface area contributed by atoms with E-state index in [0.717, 1.165) is 4.47 Å². The molecule has 0 heterocycles. The first-order chi connectivity index (χ1) is 8.72. The minimum atomic E-state index is 0.312. The first-order valence-corrected chi connectivity index (χ1v) is 5.90. The van der Waals surface area contributed by atoms with E-state index in [1.54, 1.807) is 18.2 Å². The van der Waals surface area contributed by atoms with Crippen LogP contribution in [0.5, 0.6) is 11.5 Å². The van der Waals surface area contributed by atoms with Gasteiger partial charge in [0, 0.05) is 4.47 Å². The van der Waals surface area contributed by atoms with Crippen LogP contribution in [0.15, 0.2) is 46.9 Å². The van der Waals surface area contributed by atoms with Crippen LogP contribution in [0, 0.1) is 22.7 Å². The Bertz CT molecular complexity index is 651. The molecule has 0 radical (unpaired) electrons. The second-order valence-corrected chi connectivity index (χ2v) is 4.40. The molecule has 0 aliphatic carbocycles. The molecule has 0 fully saturated rings. The van der Waals surface area contributed by atoms with Gasteiger partial charge in [0.2, 0.25) is 0 Å². The van der Waals surface area contributed by atoms with Crippen molar-refractivity contribution in [1.29, 1.82) is 10.5 Å². The maximum atomic E-state index is 8.91. The van der Waals surface area contributed by atoms with Crippen molar-refractivity contribution >= 4 is 15.9 Å². The minimum absolute atomic E-state index is 0.312. The van der Waals surface area contributed by atoms with Crippen LogP contribution in [0.25, 0.3) is 0 Å². The van der Waals surface area contributed by atoms with Gasteiger partial charge in [0.1, 0.15) is 23.6 Å². The molecule has 4 heteroatoms. The van der Waals surface area contributed by atoms with E-state index in [0.29, 0.717) is 22.6 Å². The molecule has 0 saturated carbocycles. The van der Waals surface area contributed by atoms with Crippen molar-refractivity contribution in [2.24, 2.45) is 0 Å². The SMILES string of the molecule is N#Cc1ccc(Oc2ccc(Br)cc2)cc1C#N. The summed E-state index contributed by atoms with van der Waals surface area (Å²) < 4.78 is 6.56. The monoisotopic (exact) mass is 298 g/mol. The highest BCUT2D eigenvalue weighted by atomic mass is 79.9. The first-order valence-electron chi connectivity index (χ1n) is 5.10. The summed E-state index contributed by atoms with van der Waals surface area (Å²) in [7, 11) is 0. The fraction of sp³-hybridized carbons (Fsp3) is 0. The molecule has 86 valence electrons. The molecule has 0 spiro atoms. The smallest absolute Gasteiger partial charge is 0.128 e. The van der Waals surface area contributed by atoms with Gasteiger partial charge in [-0.2, -0.15) is 10.5 Å². The predicted molar refractivity (Wildman–Crippen MR) is 70.1 cm³/mol. The minimum Gasteiger partial charge on any atom is -0.457 e. The average Bonchev–Trinajstić information content (AvgIpc) is 2.41. The van der Waals surface area contributed by atoms with Gasteiger partial charge in [-0.1, -0.05) is 15.9 Å². The largest absolute Gasteiger partial charge is 0.457 e. The van der Waals surface area contributed by atoms with Crippen LogP contribution >= 0.6 is 15.9 Å². The molecule has 0 aliphatic rings. The van der Waals surface area contributed by atoms with Crippen LogP contribution in [-0.2, 0) is 0 Å². The third-order valence-corrected chi connectivity index (χ3v) is 2.81. The highest BCUT2D eigenvalue weighted by molar-refractivity contribution is 9.10. The van der Waals surface area contributed by atoms with Crippen LogP contribution in [0.1, 0.15) is 11.1 Å². The Morgan fingerprint density at radius 2 is 1.44 bits per heavy atom. The lowest BCUT2D eigenvalue weighted by atomic mass is 10.1. The summed E-state index contributed by atoms with van der Waals surface area (Å²) in [5, 5.41) is 17.7. The highest BCUT2D eigenvalue weighted by Crippen LogP contribution is 2.25. The van der Waals surface area contributed by atoms with E-state index >= 15 is 0 Å². The number of hydrogen-bond donors (Lipinski definition) is 0. The zero-order valence-corrected chi connectivity index (χ0v) is 10.8. The summed E-state index contributed by atoms with van der Waals surface area (Å²) in [5.74, 6) is 1.21. The zero-order valence-electron chi connectivity index (χ0n) is 9.22. The van der Waals surface area contributed by atoms with E-state index in [-0.39, 0.29) is 0 Å². The second kappa shape index (κ2) is 5.35. The molecule has 0 bridgehead atoms. The third kappa shape index (κ3) is 2.68. The second-order valence-electron chi connectivity index (χ2n) is 3.49. The molecule has 0 atom stereocenters. The lowest BCUT2D eigenvalue weighted by Gasteiger charge is -2.06. The molecule has 0 aliphatic heterocycles. The van der Waals surface area contributed by atoms with E-state index in [1.165, 1.54) is 0 Å². The van der Waals surface area contributed by atoms with Crippen LogP contribution in [0.4, 0.5) is 0 Å². The molecule has 2 rings (SSSR count). The van der Waals surface area contributed by atoms with Gasteiger partial charge in [-0.25, -0.2) is 0 Å². The third-order valence-electron chi connectivity index (χ3n) is 2.28. The maximum absolute atomic E-state index is 8.91. The Morgan fingerprint density at radius 1 is 0.833 bits per heavy atom. The standard InChI is InChI=1S/C14H7BrN2O/c15-12-2-5-13(6-3-12)18-14-4-1-10(8-16)11(7-14)9-17/h1-7H. The first kappa shape index (κ1) is 12.2. The summed E-state index contributed by atoms with van der Waals surface area (Å²) >= 11 is 3.34. The van der Waals surface area contributed by atoms with Crippen molar-refractivity contribution in [3.05, 3.63) is 58.1 Å². The van der Waals surface area contributed by atoms with Gasteiger partial charge >= 0.3 is 0 Å². The summed E-state index contributed by atoms with van der Waals surface area (Å²) in [6.45, 7) is 0. The normalized spacial score (nSPS) is 9.28. The lowest BCUT2D eigenvalue weighted by molar-refractivity contribution is 0.482. The molecule has 3 nitrogen and oxygen atoms in total. The number of nitriles is 2. The van der Waals surface area contributed by atoms with Crippen LogP contribution in [0.3, 0.4) is 0 Å². The lowest BCUT2D eigenvalue weighted by Crippen LogP contribution is -1.88. The van der Waals surface area contributed by atoms with Crippen molar-refractivity contribution in [1.82, 2.24) is 0 Å². The molecular formula is C14H7BrN2O. The quantitative estimate of drug-likeness (QED) is 0.842. The summed E-state index contributed by atoms with van der Waals surface area (Å²) in [4.78, 5) is 0. The molecule has 2 aromatic carbocycles. The molecule has 0 N–H and O–H groups in total. The van der Waals surface area contributed by atoms with Crippen LogP contribution in [-0.4, -0.2) is 0 Å². The molecule has 2 aromatic rings. The maximum Gasteiger partial charge on any atom is 0.128 e. The Labute approximate surface area is 113 Å². The average molecular weight is 299 g/mol. The van der Waals surface area contributed by atoms with Gasteiger partial charge in [-0.15, -0.1) is 0 Å². The molecular weight excluding hydrogens is 292 g/mol. The number of rotatable bonds is 2. The predicted octanol–water partition coefficient (Wildman–Crippen LogP) is 3.98. The number of ether oxygens (including phenoxy) is 1. The van der Waals surface area contributed by atoms with Crippen molar-refractivity contribution in [2.75, 3.05) is 0 Å². The van der Waals surface area contributed by atoms with Crippen molar-refractivity contribution in [2.45, 2.75) is 0 Å². The number of hydrogen-bond acceptors (Lipinski definition) is 3. The van der Waals surface area contributed by atoms with Gasteiger partial charge < -0.3 is 4.74 Å². The van der Waals surface area contributed by atoms with Crippen LogP contribution in [0.2, 0.25) is 0 Å². The van der Waals surface area contributed by atoms with E-state index in [1.807, 2.05) is 36.4 Å².